The maximum atomic E-state index is 9.71. The number of ether oxygens (including phenoxy) is 5. The Kier molecular flexibility index (Phi) is 3.75. The second-order valence-corrected chi connectivity index (χ2v) is 7.42. The number of aliphatic hydroxyl groups is 1. The molecule has 132 valence electrons. The molecule has 1 N–H and O–H groups in total. The number of hydroxylamine groups is 2. The van der Waals surface area contributed by atoms with Gasteiger partial charge in [0.25, 0.3) is 0 Å². The van der Waals surface area contributed by atoms with Crippen LogP contribution >= 0.6 is 0 Å². The summed E-state index contributed by atoms with van der Waals surface area (Å²) in [7, 11) is 0. The molecule has 6 atom stereocenters. The van der Waals surface area contributed by atoms with Crippen LogP contribution in [0.1, 0.15) is 34.1 Å². The largest absolute Gasteiger partial charge is 0.366 e. The van der Waals surface area contributed by atoms with Gasteiger partial charge in [-0.05, 0) is 27.7 Å². The Labute approximate surface area is 135 Å². The molecule has 0 aliphatic carbocycles. The molecule has 0 spiro atoms. The van der Waals surface area contributed by atoms with E-state index in [9.17, 15) is 5.11 Å². The van der Waals surface area contributed by atoms with Gasteiger partial charge in [0, 0.05) is 13.0 Å². The molecule has 4 heterocycles. The second kappa shape index (κ2) is 5.34. The number of fused-ring (bicyclic) bond motifs is 1. The number of nitrogens with zero attached hydrogens (tertiary/aromatic N) is 1. The van der Waals surface area contributed by atoms with Gasteiger partial charge in [-0.1, -0.05) is 0 Å². The Balaban J connectivity index is 1.56. The number of hydrogen-bond acceptors (Lipinski definition) is 8. The zero-order valence-electron chi connectivity index (χ0n) is 13.9. The minimum Gasteiger partial charge on any atom is -0.366 e. The van der Waals surface area contributed by atoms with Crippen LogP contribution in [0.2, 0.25) is 0 Å². The van der Waals surface area contributed by atoms with Crippen LogP contribution in [0.3, 0.4) is 0 Å². The summed E-state index contributed by atoms with van der Waals surface area (Å²) in [5.74, 6) is -1.34. The molecule has 0 bridgehead atoms. The van der Waals surface area contributed by atoms with E-state index in [1.165, 1.54) is 0 Å². The van der Waals surface area contributed by atoms with Crippen LogP contribution in [0.15, 0.2) is 0 Å². The fraction of sp³-hybridized carbons (Fsp3) is 1.00. The lowest BCUT2D eigenvalue weighted by Crippen LogP contribution is -2.51. The van der Waals surface area contributed by atoms with Crippen molar-refractivity contribution in [2.75, 3.05) is 13.2 Å². The van der Waals surface area contributed by atoms with E-state index in [4.69, 9.17) is 28.5 Å². The summed E-state index contributed by atoms with van der Waals surface area (Å²) in [5.41, 5.74) is 0. The van der Waals surface area contributed by atoms with E-state index in [2.05, 4.69) is 0 Å². The Morgan fingerprint density at radius 2 is 1.78 bits per heavy atom. The highest BCUT2D eigenvalue weighted by atomic mass is 16.8. The van der Waals surface area contributed by atoms with Gasteiger partial charge in [0.15, 0.2) is 24.2 Å². The van der Waals surface area contributed by atoms with Crippen LogP contribution in [0.25, 0.3) is 0 Å². The third-order valence-corrected chi connectivity index (χ3v) is 4.64. The van der Waals surface area contributed by atoms with Crippen LogP contribution in [-0.4, -0.2) is 71.8 Å². The normalized spacial score (nSPS) is 48.9. The molecule has 0 aromatic heterocycles. The number of hydrogen-bond donors (Lipinski definition) is 1. The zero-order valence-corrected chi connectivity index (χ0v) is 13.9. The van der Waals surface area contributed by atoms with E-state index >= 15 is 0 Å². The summed E-state index contributed by atoms with van der Waals surface area (Å²) < 4.78 is 29.6. The average molecular weight is 331 g/mol. The molecule has 4 fully saturated rings. The van der Waals surface area contributed by atoms with Crippen molar-refractivity contribution in [2.24, 2.45) is 0 Å². The van der Waals surface area contributed by atoms with Gasteiger partial charge >= 0.3 is 0 Å². The van der Waals surface area contributed by atoms with Crippen molar-refractivity contribution in [3.63, 3.8) is 0 Å². The lowest BCUT2D eigenvalue weighted by molar-refractivity contribution is -0.271. The Bertz CT molecular complexity index is 471. The Morgan fingerprint density at radius 3 is 2.39 bits per heavy atom. The van der Waals surface area contributed by atoms with E-state index in [0.29, 0.717) is 19.6 Å². The molecule has 4 aliphatic heterocycles. The zero-order chi connectivity index (χ0) is 16.4. The maximum Gasteiger partial charge on any atom is 0.189 e. The molecule has 4 aliphatic rings. The fourth-order valence-corrected chi connectivity index (χ4v) is 3.75. The van der Waals surface area contributed by atoms with Gasteiger partial charge in [-0.25, -0.2) is 0 Å². The van der Waals surface area contributed by atoms with Gasteiger partial charge in [0.1, 0.15) is 18.3 Å². The predicted molar refractivity (Wildman–Crippen MR) is 75.8 cm³/mol. The smallest absolute Gasteiger partial charge is 0.189 e. The Morgan fingerprint density at radius 1 is 1.00 bits per heavy atom. The molecule has 8 heteroatoms. The predicted octanol–water partition coefficient (Wildman–Crippen LogP) is 0.339. The molecule has 0 saturated carbocycles. The molecule has 4 rings (SSSR count). The van der Waals surface area contributed by atoms with Crippen molar-refractivity contribution in [1.82, 2.24) is 5.06 Å². The highest BCUT2D eigenvalue weighted by molar-refractivity contribution is 5.02. The summed E-state index contributed by atoms with van der Waals surface area (Å²) in [6, 6.07) is -0.221. The molecular weight excluding hydrogens is 306 g/mol. The molecule has 0 aromatic carbocycles. The quantitative estimate of drug-likeness (QED) is 0.776. The highest BCUT2D eigenvalue weighted by Gasteiger charge is 2.60. The number of rotatable bonds is 2. The van der Waals surface area contributed by atoms with Gasteiger partial charge < -0.3 is 28.8 Å². The van der Waals surface area contributed by atoms with Crippen molar-refractivity contribution < 1.29 is 33.6 Å². The van der Waals surface area contributed by atoms with Gasteiger partial charge in [-0.15, -0.1) is 0 Å². The molecule has 8 nitrogen and oxygen atoms in total. The van der Waals surface area contributed by atoms with E-state index in [0.717, 1.165) is 0 Å². The SMILES string of the molecule is CC1(C)OCC(C2OC3OC(C)(C)OC3C2N2CCC(O)O2)O1. The van der Waals surface area contributed by atoms with Crippen molar-refractivity contribution in [1.29, 1.82) is 0 Å². The van der Waals surface area contributed by atoms with Gasteiger partial charge in [-0.3, -0.25) is 4.84 Å². The Hall–Kier alpha value is -0.320. The number of aliphatic hydroxyl groups excluding tert-OH is 1. The molecule has 0 radical (unpaired) electrons. The second-order valence-electron chi connectivity index (χ2n) is 7.42. The summed E-state index contributed by atoms with van der Waals surface area (Å²) in [6.45, 7) is 8.52. The molecule has 23 heavy (non-hydrogen) atoms. The van der Waals surface area contributed by atoms with Crippen LogP contribution < -0.4 is 0 Å². The third kappa shape index (κ3) is 2.91. The standard InChI is InChI=1S/C15H25NO7/c1-14(2)18-7-8(20-14)11-10(16-6-5-9(17)23-16)12-13(19-11)22-15(3,4)21-12/h8-13,17H,5-7H2,1-4H3. The first-order chi connectivity index (χ1) is 10.7. The molecule has 0 aromatic rings. The molecular formula is C15H25NO7. The summed E-state index contributed by atoms with van der Waals surface area (Å²) in [6.07, 6.45) is -1.56. The first-order valence-corrected chi connectivity index (χ1v) is 8.18. The lowest BCUT2D eigenvalue weighted by Gasteiger charge is -2.33. The minimum atomic E-state index is -0.790. The van der Waals surface area contributed by atoms with Crippen molar-refractivity contribution in [3.8, 4) is 0 Å². The first-order valence-electron chi connectivity index (χ1n) is 8.18. The van der Waals surface area contributed by atoms with Crippen molar-refractivity contribution in [2.45, 2.75) is 82.6 Å². The molecule has 6 unspecified atom stereocenters. The summed E-state index contributed by atoms with van der Waals surface area (Å²) in [4.78, 5) is 5.54. The van der Waals surface area contributed by atoms with E-state index in [-0.39, 0.29) is 24.4 Å². The monoisotopic (exact) mass is 331 g/mol. The van der Waals surface area contributed by atoms with Crippen LogP contribution in [0.5, 0.6) is 0 Å². The van der Waals surface area contributed by atoms with Crippen molar-refractivity contribution in [3.05, 3.63) is 0 Å². The van der Waals surface area contributed by atoms with Gasteiger partial charge in [0.2, 0.25) is 0 Å². The van der Waals surface area contributed by atoms with Crippen molar-refractivity contribution >= 4 is 0 Å². The summed E-state index contributed by atoms with van der Waals surface area (Å²) in [5, 5.41) is 11.5. The highest BCUT2D eigenvalue weighted by Crippen LogP contribution is 2.43. The van der Waals surface area contributed by atoms with E-state index < -0.39 is 24.2 Å². The van der Waals surface area contributed by atoms with Crippen LogP contribution in [0.4, 0.5) is 0 Å². The molecule has 0 amide bonds. The van der Waals surface area contributed by atoms with E-state index in [1.54, 1.807) is 5.06 Å². The van der Waals surface area contributed by atoms with Crippen LogP contribution in [-0.2, 0) is 28.5 Å². The third-order valence-electron chi connectivity index (χ3n) is 4.64. The van der Waals surface area contributed by atoms with Crippen LogP contribution in [0, 0.1) is 0 Å². The van der Waals surface area contributed by atoms with E-state index in [1.807, 2.05) is 27.7 Å². The summed E-state index contributed by atoms with van der Waals surface area (Å²) >= 11 is 0. The first kappa shape index (κ1) is 16.2. The van der Waals surface area contributed by atoms with Gasteiger partial charge in [-0.2, -0.15) is 5.06 Å². The minimum absolute atomic E-state index is 0.221. The maximum absolute atomic E-state index is 9.71. The lowest BCUT2D eigenvalue weighted by atomic mass is 10.0. The average Bonchev–Trinajstić information content (AvgIpc) is 3.12. The topological polar surface area (TPSA) is 78.9 Å². The molecule has 4 saturated heterocycles. The fourth-order valence-electron chi connectivity index (χ4n) is 3.75. The van der Waals surface area contributed by atoms with Gasteiger partial charge in [0.05, 0.1) is 12.6 Å².